The van der Waals surface area contributed by atoms with Crippen LogP contribution in [0.2, 0.25) is 0 Å². The van der Waals surface area contributed by atoms with E-state index < -0.39 is 0 Å². The van der Waals surface area contributed by atoms with E-state index in [0.717, 1.165) is 23.1 Å². The molecule has 1 aromatic carbocycles. The van der Waals surface area contributed by atoms with Crippen LogP contribution >= 0.6 is 11.8 Å². The van der Waals surface area contributed by atoms with E-state index in [0.29, 0.717) is 0 Å². The number of nitrogens with zero attached hydrogens (tertiary/aromatic N) is 2. The van der Waals surface area contributed by atoms with Gasteiger partial charge in [-0.3, -0.25) is 0 Å². The molecule has 4 heteroatoms. The number of anilines is 1. The maximum absolute atomic E-state index is 4.55. The van der Waals surface area contributed by atoms with Gasteiger partial charge in [-0.15, -0.1) is 0 Å². The van der Waals surface area contributed by atoms with Crippen molar-refractivity contribution < 1.29 is 0 Å². The molecule has 0 unspecified atom stereocenters. The van der Waals surface area contributed by atoms with Crippen molar-refractivity contribution in [1.29, 1.82) is 0 Å². The third kappa shape index (κ3) is 3.01. The van der Waals surface area contributed by atoms with Crippen LogP contribution in [0.4, 0.5) is 5.82 Å². The molecule has 1 heterocycles. The third-order valence-electron chi connectivity index (χ3n) is 2.63. The van der Waals surface area contributed by atoms with Crippen LogP contribution in [0.15, 0.2) is 40.3 Å². The predicted octanol–water partition coefficient (Wildman–Crippen LogP) is 3.54. The highest BCUT2D eigenvalue weighted by Crippen LogP contribution is 2.29. The van der Waals surface area contributed by atoms with Gasteiger partial charge in [0.2, 0.25) is 0 Å². The Morgan fingerprint density at radius 1 is 1.22 bits per heavy atom. The molecule has 0 amide bonds. The van der Waals surface area contributed by atoms with E-state index in [1.807, 2.05) is 13.1 Å². The van der Waals surface area contributed by atoms with E-state index in [9.17, 15) is 0 Å². The quantitative estimate of drug-likeness (QED) is 0.852. The van der Waals surface area contributed by atoms with E-state index >= 15 is 0 Å². The summed E-state index contributed by atoms with van der Waals surface area (Å²) in [5.74, 6) is 1.75. The highest BCUT2D eigenvalue weighted by molar-refractivity contribution is 7.99. The molecule has 1 N–H and O–H groups in total. The molecule has 0 saturated carbocycles. The van der Waals surface area contributed by atoms with E-state index in [-0.39, 0.29) is 0 Å². The number of rotatable bonds is 4. The SMILES string of the molecule is CCc1nc(NC)cc(Sc2ccccc2C)n1. The minimum absolute atomic E-state index is 0.844. The van der Waals surface area contributed by atoms with Crippen molar-refractivity contribution in [3.05, 3.63) is 41.7 Å². The van der Waals surface area contributed by atoms with Crippen LogP contribution in [0.5, 0.6) is 0 Å². The Morgan fingerprint density at radius 2 is 2.00 bits per heavy atom. The van der Waals surface area contributed by atoms with Gasteiger partial charge in [-0.25, -0.2) is 9.97 Å². The van der Waals surface area contributed by atoms with Crippen LogP contribution in [-0.2, 0) is 6.42 Å². The lowest BCUT2D eigenvalue weighted by Crippen LogP contribution is -2.00. The Kier molecular flexibility index (Phi) is 4.20. The molecule has 0 atom stereocenters. The molecular weight excluding hydrogens is 242 g/mol. The lowest BCUT2D eigenvalue weighted by Gasteiger charge is -2.08. The van der Waals surface area contributed by atoms with Crippen LogP contribution in [0, 0.1) is 6.92 Å². The Morgan fingerprint density at radius 3 is 2.67 bits per heavy atom. The molecule has 2 rings (SSSR count). The zero-order valence-electron chi connectivity index (χ0n) is 10.9. The van der Waals surface area contributed by atoms with E-state index in [4.69, 9.17) is 0 Å². The molecule has 94 valence electrons. The fourth-order valence-electron chi connectivity index (χ4n) is 1.59. The minimum atomic E-state index is 0.844. The predicted molar refractivity (Wildman–Crippen MR) is 76.3 cm³/mol. The van der Waals surface area contributed by atoms with Crippen molar-refractivity contribution in [2.75, 3.05) is 12.4 Å². The second kappa shape index (κ2) is 5.87. The van der Waals surface area contributed by atoms with Crippen molar-refractivity contribution in [2.24, 2.45) is 0 Å². The Bertz CT molecular complexity index is 518. The lowest BCUT2D eigenvalue weighted by atomic mass is 10.2. The molecule has 18 heavy (non-hydrogen) atoms. The summed E-state index contributed by atoms with van der Waals surface area (Å²) in [4.78, 5) is 10.2. The number of aryl methyl sites for hydroxylation is 2. The fraction of sp³-hybridized carbons (Fsp3) is 0.286. The van der Waals surface area contributed by atoms with Gasteiger partial charge in [0.25, 0.3) is 0 Å². The Hall–Kier alpha value is -1.55. The van der Waals surface area contributed by atoms with Crippen molar-refractivity contribution in [3.8, 4) is 0 Å². The van der Waals surface area contributed by atoms with Crippen molar-refractivity contribution in [3.63, 3.8) is 0 Å². The van der Waals surface area contributed by atoms with Crippen molar-refractivity contribution in [2.45, 2.75) is 30.2 Å². The zero-order chi connectivity index (χ0) is 13.0. The number of aromatic nitrogens is 2. The van der Waals surface area contributed by atoms with Gasteiger partial charge in [-0.2, -0.15) is 0 Å². The zero-order valence-corrected chi connectivity index (χ0v) is 11.7. The minimum Gasteiger partial charge on any atom is -0.373 e. The summed E-state index contributed by atoms with van der Waals surface area (Å²) in [5, 5.41) is 4.06. The van der Waals surface area contributed by atoms with Gasteiger partial charge in [-0.05, 0) is 18.6 Å². The summed E-state index contributed by atoms with van der Waals surface area (Å²) in [6, 6.07) is 10.3. The van der Waals surface area contributed by atoms with Gasteiger partial charge in [0.1, 0.15) is 16.7 Å². The fourth-order valence-corrected chi connectivity index (χ4v) is 2.52. The molecule has 1 aromatic heterocycles. The number of hydrogen-bond acceptors (Lipinski definition) is 4. The molecule has 0 radical (unpaired) electrons. The summed E-state index contributed by atoms with van der Waals surface area (Å²) in [6.45, 7) is 4.18. The number of nitrogens with one attached hydrogen (secondary N) is 1. The summed E-state index contributed by atoms with van der Waals surface area (Å²) in [6.07, 6.45) is 0.844. The number of benzene rings is 1. The second-order valence-electron chi connectivity index (χ2n) is 3.98. The second-order valence-corrected chi connectivity index (χ2v) is 5.04. The molecule has 0 aliphatic carbocycles. The highest BCUT2D eigenvalue weighted by atomic mass is 32.2. The summed E-state index contributed by atoms with van der Waals surface area (Å²) >= 11 is 1.68. The molecular formula is C14H17N3S. The standard InChI is InChI=1S/C14H17N3S/c1-4-12-16-13(15-3)9-14(17-12)18-11-8-6-5-7-10(11)2/h5-9H,4H2,1-3H3,(H,15,16,17). The first-order valence-corrected chi connectivity index (χ1v) is 6.83. The normalized spacial score (nSPS) is 10.4. The molecule has 0 aliphatic heterocycles. The lowest BCUT2D eigenvalue weighted by molar-refractivity contribution is 0.891. The molecule has 2 aromatic rings. The van der Waals surface area contributed by atoms with E-state index in [1.54, 1.807) is 11.8 Å². The molecule has 0 fully saturated rings. The van der Waals surface area contributed by atoms with Gasteiger partial charge in [0, 0.05) is 24.4 Å². The van der Waals surface area contributed by atoms with E-state index in [1.165, 1.54) is 10.5 Å². The van der Waals surface area contributed by atoms with E-state index in [2.05, 4.69) is 53.4 Å². The largest absolute Gasteiger partial charge is 0.373 e. The number of hydrogen-bond donors (Lipinski definition) is 1. The molecule has 0 bridgehead atoms. The van der Waals surface area contributed by atoms with Gasteiger partial charge < -0.3 is 5.32 Å². The van der Waals surface area contributed by atoms with Crippen LogP contribution in [0.3, 0.4) is 0 Å². The van der Waals surface area contributed by atoms with Crippen molar-refractivity contribution in [1.82, 2.24) is 9.97 Å². The average Bonchev–Trinajstić information content (AvgIpc) is 2.41. The van der Waals surface area contributed by atoms with Crippen LogP contribution in [0.1, 0.15) is 18.3 Å². The Balaban J connectivity index is 2.31. The van der Waals surface area contributed by atoms with Crippen LogP contribution in [0.25, 0.3) is 0 Å². The van der Waals surface area contributed by atoms with Gasteiger partial charge in [0.05, 0.1) is 0 Å². The smallest absolute Gasteiger partial charge is 0.131 e. The van der Waals surface area contributed by atoms with Gasteiger partial charge in [0.15, 0.2) is 0 Å². The molecule has 0 saturated heterocycles. The molecule has 0 aliphatic rings. The Labute approximate surface area is 112 Å². The summed E-state index contributed by atoms with van der Waals surface area (Å²) < 4.78 is 0. The maximum atomic E-state index is 4.55. The maximum Gasteiger partial charge on any atom is 0.131 e. The first kappa shape index (κ1) is 12.9. The topological polar surface area (TPSA) is 37.8 Å². The summed E-state index contributed by atoms with van der Waals surface area (Å²) in [7, 11) is 1.88. The monoisotopic (exact) mass is 259 g/mol. The van der Waals surface area contributed by atoms with Crippen molar-refractivity contribution >= 4 is 17.6 Å². The molecule has 0 spiro atoms. The van der Waals surface area contributed by atoms with Gasteiger partial charge >= 0.3 is 0 Å². The van der Waals surface area contributed by atoms with Crippen LogP contribution < -0.4 is 5.32 Å². The average molecular weight is 259 g/mol. The third-order valence-corrected chi connectivity index (χ3v) is 3.73. The highest BCUT2D eigenvalue weighted by Gasteiger charge is 2.06. The molecule has 3 nitrogen and oxygen atoms in total. The first-order valence-electron chi connectivity index (χ1n) is 6.02. The van der Waals surface area contributed by atoms with Crippen LogP contribution in [-0.4, -0.2) is 17.0 Å². The summed E-state index contributed by atoms with van der Waals surface area (Å²) in [5.41, 5.74) is 1.27. The van der Waals surface area contributed by atoms with Gasteiger partial charge in [-0.1, -0.05) is 36.9 Å². The first-order chi connectivity index (χ1) is 8.72.